The van der Waals surface area contributed by atoms with Crippen molar-refractivity contribution in [1.29, 1.82) is 0 Å². The van der Waals surface area contributed by atoms with Gasteiger partial charge in [-0.1, -0.05) is 36.4 Å². The zero-order chi connectivity index (χ0) is 15.7. The van der Waals surface area contributed by atoms with Crippen molar-refractivity contribution >= 4 is 23.5 Å². The standard InChI is InChI=1S/C19H15N3O/c1-3-7-17(8-4-1)21-22-18-13-11-16(12-14-18)20-15-23-19-9-5-2-6-10-19/h1-15H. The van der Waals surface area contributed by atoms with Gasteiger partial charge in [0.15, 0.2) is 6.40 Å². The van der Waals surface area contributed by atoms with E-state index in [9.17, 15) is 0 Å². The van der Waals surface area contributed by atoms with Gasteiger partial charge in [0.1, 0.15) is 5.75 Å². The summed E-state index contributed by atoms with van der Waals surface area (Å²) in [5.74, 6) is 0.754. The van der Waals surface area contributed by atoms with E-state index in [1.165, 1.54) is 6.40 Å². The number of benzene rings is 3. The van der Waals surface area contributed by atoms with Crippen molar-refractivity contribution < 1.29 is 4.74 Å². The Kier molecular flexibility index (Phi) is 4.88. The normalized spacial score (nSPS) is 11.1. The first-order valence-electron chi connectivity index (χ1n) is 7.21. The van der Waals surface area contributed by atoms with Crippen LogP contribution in [-0.2, 0) is 0 Å². The largest absolute Gasteiger partial charge is 0.446 e. The zero-order valence-corrected chi connectivity index (χ0v) is 12.4. The third kappa shape index (κ3) is 4.61. The Morgan fingerprint density at radius 2 is 1.09 bits per heavy atom. The molecule has 4 heteroatoms. The predicted octanol–water partition coefficient (Wildman–Crippen LogP) is 5.84. The van der Waals surface area contributed by atoms with Crippen LogP contribution in [0.4, 0.5) is 17.1 Å². The van der Waals surface area contributed by atoms with Gasteiger partial charge in [-0.3, -0.25) is 0 Å². The van der Waals surface area contributed by atoms with Crippen LogP contribution in [0.25, 0.3) is 0 Å². The molecule has 0 aliphatic heterocycles. The highest BCUT2D eigenvalue weighted by atomic mass is 16.5. The van der Waals surface area contributed by atoms with E-state index in [-0.39, 0.29) is 0 Å². The molecule has 112 valence electrons. The minimum Gasteiger partial charge on any atom is -0.446 e. The van der Waals surface area contributed by atoms with Gasteiger partial charge in [-0.05, 0) is 48.5 Å². The number of para-hydroxylation sites is 1. The van der Waals surface area contributed by atoms with E-state index in [0.717, 1.165) is 22.8 Å². The van der Waals surface area contributed by atoms with Crippen LogP contribution in [0.3, 0.4) is 0 Å². The maximum atomic E-state index is 5.41. The molecule has 0 bridgehead atoms. The van der Waals surface area contributed by atoms with Crippen LogP contribution in [0.15, 0.2) is 100 Å². The van der Waals surface area contributed by atoms with Crippen molar-refractivity contribution in [3.8, 4) is 5.75 Å². The van der Waals surface area contributed by atoms with Crippen LogP contribution < -0.4 is 4.74 Å². The molecule has 4 nitrogen and oxygen atoms in total. The first-order valence-corrected chi connectivity index (χ1v) is 7.21. The molecule has 0 fully saturated rings. The summed E-state index contributed by atoms with van der Waals surface area (Å²) in [4.78, 5) is 4.24. The van der Waals surface area contributed by atoms with Crippen molar-refractivity contribution in [2.75, 3.05) is 0 Å². The lowest BCUT2D eigenvalue weighted by molar-refractivity contribution is 0.574. The van der Waals surface area contributed by atoms with Crippen molar-refractivity contribution in [3.05, 3.63) is 84.9 Å². The molecule has 0 spiro atoms. The van der Waals surface area contributed by atoms with Gasteiger partial charge >= 0.3 is 0 Å². The predicted molar refractivity (Wildman–Crippen MR) is 92.3 cm³/mol. The minimum absolute atomic E-state index is 0.754. The van der Waals surface area contributed by atoms with Crippen molar-refractivity contribution in [3.63, 3.8) is 0 Å². The highest BCUT2D eigenvalue weighted by Gasteiger charge is 1.92. The van der Waals surface area contributed by atoms with E-state index in [0.29, 0.717) is 0 Å². The molecule has 23 heavy (non-hydrogen) atoms. The summed E-state index contributed by atoms with van der Waals surface area (Å²) in [7, 11) is 0. The van der Waals surface area contributed by atoms with E-state index >= 15 is 0 Å². The molecule has 0 saturated heterocycles. The van der Waals surface area contributed by atoms with Gasteiger partial charge in [0.05, 0.1) is 17.1 Å². The molecule has 0 N–H and O–H groups in total. The van der Waals surface area contributed by atoms with Gasteiger partial charge < -0.3 is 4.74 Å². The molecular formula is C19H15N3O. The van der Waals surface area contributed by atoms with Crippen molar-refractivity contribution in [1.82, 2.24) is 0 Å². The molecule has 3 aromatic rings. The first-order chi connectivity index (χ1) is 11.4. The number of hydrogen-bond donors (Lipinski definition) is 0. The summed E-state index contributed by atoms with van der Waals surface area (Å²) in [6, 6.07) is 26.6. The lowest BCUT2D eigenvalue weighted by Crippen LogP contribution is -1.87. The Morgan fingerprint density at radius 3 is 1.74 bits per heavy atom. The highest BCUT2D eigenvalue weighted by molar-refractivity contribution is 5.60. The second-order valence-corrected chi connectivity index (χ2v) is 4.72. The van der Waals surface area contributed by atoms with E-state index in [4.69, 9.17) is 4.74 Å². The number of hydrogen-bond acceptors (Lipinski definition) is 4. The summed E-state index contributed by atoms with van der Waals surface area (Å²) in [6.45, 7) is 0. The van der Waals surface area contributed by atoms with Crippen LogP contribution in [0.5, 0.6) is 5.75 Å². The molecule has 0 unspecified atom stereocenters. The Bertz CT molecular complexity index is 782. The fourth-order valence-electron chi connectivity index (χ4n) is 1.86. The fraction of sp³-hybridized carbons (Fsp3) is 0. The monoisotopic (exact) mass is 301 g/mol. The SMILES string of the molecule is C(=Nc1ccc(N=Nc2ccccc2)cc1)Oc1ccccc1. The Labute approximate surface area is 134 Å². The van der Waals surface area contributed by atoms with Crippen LogP contribution in [0, 0.1) is 0 Å². The quantitative estimate of drug-likeness (QED) is 0.331. The molecule has 0 aliphatic rings. The van der Waals surface area contributed by atoms with Crippen LogP contribution in [-0.4, -0.2) is 6.40 Å². The van der Waals surface area contributed by atoms with E-state index in [1.807, 2.05) is 84.9 Å². The van der Waals surface area contributed by atoms with E-state index in [2.05, 4.69) is 15.2 Å². The average Bonchev–Trinajstić information content (AvgIpc) is 2.63. The molecule has 3 rings (SSSR count). The lowest BCUT2D eigenvalue weighted by atomic mass is 10.3. The topological polar surface area (TPSA) is 46.3 Å². The first kappa shape index (κ1) is 14.7. The molecule has 0 heterocycles. The second kappa shape index (κ2) is 7.66. The minimum atomic E-state index is 0.754. The fourth-order valence-corrected chi connectivity index (χ4v) is 1.86. The zero-order valence-electron chi connectivity index (χ0n) is 12.4. The molecule has 0 amide bonds. The molecule has 0 saturated carbocycles. The Hall–Kier alpha value is -3.27. The van der Waals surface area contributed by atoms with Gasteiger partial charge in [-0.15, -0.1) is 0 Å². The second-order valence-electron chi connectivity index (χ2n) is 4.72. The van der Waals surface area contributed by atoms with Gasteiger partial charge in [-0.25, -0.2) is 4.99 Å². The summed E-state index contributed by atoms with van der Waals surface area (Å²) in [5, 5.41) is 8.36. The highest BCUT2D eigenvalue weighted by Crippen LogP contribution is 2.21. The number of rotatable bonds is 5. The summed E-state index contributed by atoms with van der Waals surface area (Å²) < 4.78 is 5.41. The molecule has 0 atom stereocenters. The Balaban J connectivity index is 1.60. The van der Waals surface area contributed by atoms with E-state index < -0.39 is 0 Å². The number of aliphatic imine (C=N–C) groups is 1. The Morgan fingerprint density at radius 1 is 0.565 bits per heavy atom. The third-order valence-corrected chi connectivity index (χ3v) is 3.02. The molecule has 0 aliphatic carbocycles. The van der Waals surface area contributed by atoms with Gasteiger partial charge in [-0.2, -0.15) is 10.2 Å². The number of azo groups is 1. The molecule has 3 aromatic carbocycles. The molecule has 0 radical (unpaired) electrons. The molecular weight excluding hydrogens is 286 g/mol. The van der Waals surface area contributed by atoms with Gasteiger partial charge in [0.25, 0.3) is 0 Å². The summed E-state index contributed by atoms with van der Waals surface area (Å²) in [6.07, 6.45) is 1.43. The molecule has 0 aromatic heterocycles. The smallest absolute Gasteiger partial charge is 0.181 e. The summed E-state index contributed by atoms with van der Waals surface area (Å²) >= 11 is 0. The van der Waals surface area contributed by atoms with Gasteiger partial charge in [0, 0.05) is 0 Å². The van der Waals surface area contributed by atoms with Crippen molar-refractivity contribution in [2.45, 2.75) is 0 Å². The van der Waals surface area contributed by atoms with Crippen LogP contribution in [0.1, 0.15) is 0 Å². The van der Waals surface area contributed by atoms with Crippen molar-refractivity contribution in [2.24, 2.45) is 15.2 Å². The lowest BCUT2D eigenvalue weighted by Gasteiger charge is -1.98. The number of ether oxygens (including phenoxy) is 1. The third-order valence-electron chi connectivity index (χ3n) is 3.02. The van der Waals surface area contributed by atoms with E-state index in [1.54, 1.807) is 0 Å². The van der Waals surface area contributed by atoms with Gasteiger partial charge in [0.2, 0.25) is 0 Å². The average molecular weight is 301 g/mol. The maximum Gasteiger partial charge on any atom is 0.181 e. The number of nitrogens with zero attached hydrogens (tertiary/aromatic N) is 3. The summed E-state index contributed by atoms with van der Waals surface area (Å²) in [5.41, 5.74) is 2.39. The van der Waals surface area contributed by atoms with Crippen LogP contribution >= 0.6 is 0 Å². The maximum absolute atomic E-state index is 5.41. The van der Waals surface area contributed by atoms with Crippen LogP contribution in [0.2, 0.25) is 0 Å².